The van der Waals surface area contributed by atoms with Gasteiger partial charge in [0.1, 0.15) is 0 Å². The topological polar surface area (TPSA) is 60.4 Å². The van der Waals surface area contributed by atoms with Crippen LogP contribution >= 0.6 is 0 Å². The zero-order valence-corrected chi connectivity index (χ0v) is 15.2. The highest BCUT2D eigenvalue weighted by Crippen LogP contribution is 2.38. The quantitative estimate of drug-likeness (QED) is 0.748. The summed E-state index contributed by atoms with van der Waals surface area (Å²) < 4.78 is 17.1. The maximum atomic E-state index is 12.2. The Kier molecular flexibility index (Phi) is 5.16. The van der Waals surface area contributed by atoms with Crippen LogP contribution in [0, 0.1) is 0 Å². The van der Waals surface area contributed by atoms with Gasteiger partial charge in [-0.05, 0) is 31.0 Å². The predicted molar refractivity (Wildman–Crippen MR) is 94.5 cm³/mol. The summed E-state index contributed by atoms with van der Waals surface area (Å²) in [6.45, 7) is 6.05. The largest absolute Gasteiger partial charge is 0.454 e. The number of unbranched alkanes of at least 4 members (excludes halogenated alkanes) is 2. The van der Waals surface area contributed by atoms with Crippen molar-refractivity contribution in [1.82, 2.24) is 5.01 Å². The molecule has 2 aliphatic heterocycles. The Morgan fingerprint density at radius 3 is 2.48 bits per heavy atom. The summed E-state index contributed by atoms with van der Waals surface area (Å²) in [5, 5.41) is 6.06. The van der Waals surface area contributed by atoms with E-state index in [1.807, 2.05) is 18.2 Å². The SMILES string of the molecule is CCCCC1(CCCC)OC(c2ccc3c(c2)OCO3)=NN1C(C)=O. The first-order valence-electron chi connectivity index (χ1n) is 9.08. The molecule has 2 heterocycles. The van der Waals surface area contributed by atoms with Crippen molar-refractivity contribution in [1.29, 1.82) is 0 Å². The number of fused-ring (bicyclic) bond motifs is 1. The molecule has 0 N–H and O–H groups in total. The molecule has 0 saturated carbocycles. The van der Waals surface area contributed by atoms with Crippen LogP contribution in [0.3, 0.4) is 0 Å². The molecule has 6 heteroatoms. The summed E-state index contributed by atoms with van der Waals surface area (Å²) in [5.41, 5.74) is 0.120. The van der Waals surface area contributed by atoms with Gasteiger partial charge >= 0.3 is 0 Å². The number of benzene rings is 1. The van der Waals surface area contributed by atoms with Gasteiger partial charge in [0.25, 0.3) is 0 Å². The molecule has 136 valence electrons. The van der Waals surface area contributed by atoms with Gasteiger partial charge < -0.3 is 14.2 Å². The molecule has 0 spiro atoms. The maximum Gasteiger partial charge on any atom is 0.243 e. The molecule has 0 aromatic heterocycles. The van der Waals surface area contributed by atoms with Crippen LogP contribution in [-0.4, -0.2) is 29.3 Å². The molecule has 0 radical (unpaired) electrons. The molecule has 0 saturated heterocycles. The van der Waals surface area contributed by atoms with Crippen molar-refractivity contribution in [2.24, 2.45) is 5.10 Å². The Labute approximate surface area is 148 Å². The van der Waals surface area contributed by atoms with Gasteiger partial charge in [-0.25, -0.2) is 0 Å². The molecule has 1 aromatic rings. The first-order valence-corrected chi connectivity index (χ1v) is 9.08. The van der Waals surface area contributed by atoms with Crippen molar-refractivity contribution in [3.63, 3.8) is 0 Å². The fourth-order valence-electron chi connectivity index (χ4n) is 3.27. The van der Waals surface area contributed by atoms with E-state index in [2.05, 4.69) is 18.9 Å². The molecule has 1 aromatic carbocycles. The summed E-state index contributed by atoms with van der Waals surface area (Å²) in [7, 11) is 0. The number of amides is 1. The fourth-order valence-corrected chi connectivity index (χ4v) is 3.27. The van der Waals surface area contributed by atoms with E-state index in [9.17, 15) is 4.79 Å². The highest BCUT2D eigenvalue weighted by atomic mass is 16.7. The van der Waals surface area contributed by atoms with E-state index in [0.717, 1.165) is 44.1 Å². The third-order valence-corrected chi connectivity index (χ3v) is 4.62. The molecular weight excluding hydrogens is 320 g/mol. The van der Waals surface area contributed by atoms with Crippen molar-refractivity contribution in [3.05, 3.63) is 23.8 Å². The van der Waals surface area contributed by atoms with Crippen LogP contribution in [0.1, 0.15) is 64.9 Å². The van der Waals surface area contributed by atoms with Gasteiger partial charge in [0, 0.05) is 25.3 Å². The smallest absolute Gasteiger partial charge is 0.243 e. The standard InChI is InChI=1S/C19H26N2O4/c1-4-6-10-19(11-7-5-2)21(14(3)22)20-18(25-19)15-8-9-16-17(12-15)24-13-23-16/h8-9,12H,4-7,10-11,13H2,1-3H3. The van der Waals surface area contributed by atoms with Crippen LogP contribution in [-0.2, 0) is 9.53 Å². The van der Waals surface area contributed by atoms with E-state index in [1.54, 1.807) is 6.92 Å². The predicted octanol–water partition coefficient (Wildman–Crippen LogP) is 4.03. The number of rotatable bonds is 7. The Morgan fingerprint density at radius 2 is 1.84 bits per heavy atom. The molecule has 0 fully saturated rings. The molecule has 0 bridgehead atoms. The molecule has 0 atom stereocenters. The van der Waals surface area contributed by atoms with Crippen molar-refractivity contribution in [2.75, 3.05) is 6.79 Å². The molecule has 25 heavy (non-hydrogen) atoms. The summed E-state index contributed by atoms with van der Waals surface area (Å²) in [6, 6.07) is 5.59. The Hall–Kier alpha value is -2.24. The average molecular weight is 346 g/mol. The highest BCUT2D eigenvalue weighted by molar-refractivity contribution is 5.97. The van der Waals surface area contributed by atoms with Gasteiger partial charge in [-0.15, -0.1) is 5.10 Å². The molecular formula is C19H26N2O4. The molecule has 6 nitrogen and oxygen atoms in total. The Morgan fingerprint density at radius 1 is 1.16 bits per heavy atom. The van der Waals surface area contributed by atoms with Gasteiger partial charge in [0.2, 0.25) is 24.3 Å². The minimum atomic E-state index is -0.677. The highest BCUT2D eigenvalue weighted by Gasteiger charge is 2.46. The van der Waals surface area contributed by atoms with Crippen LogP contribution in [0.15, 0.2) is 23.3 Å². The van der Waals surface area contributed by atoms with E-state index < -0.39 is 5.72 Å². The number of hydrogen-bond acceptors (Lipinski definition) is 5. The van der Waals surface area contributed by atoms with Gasteiger partial charge in [-0.2, -0.15) is 5.01 Å². The fraction of sp³-hybridized carbons (Fsp3) is 0.579. The molecule has 1 amide bonds. The van der Waals surface area contributed by atoms with E-state index >= 15 is 0 Å². The number of ether oxygens (including phenoxy) is 3. The zero-order valence-electron chi connectivity index (χ0n) is 15.2. The van der Waals surface area contributed by atoms with Gasteiger partial charge in [-0.3, -0.25) is 4.79 Å². The number of hydrazone groups is 1. The lowest BCUT2D eigenvalue weighted by molar-refractivity contribution is -0.149. The second-order valence-electron chi connectivity index (χ2n) is 6.56. The first-order chi connectivity index (χ1) is 12.1. The normalized spacial score (nSPS) is 17.4. The van der Waals surface area contributed by atoms with E-state index in [4.69, 9.17) is 14.2 Å². The molecule has 2 aliphatic rings. The maximum absolute atomic E-state index is 12.2. The van der Waals surface area contributed by atoms with E-state index in [0.29, 0.717) is 17.4 Å². The summed E-state index contributed by atoms with van der Waals surface area (Å²) >= 11 is 0. The Balaban J connectivity index is 1.90. The average Bonchev–Trinajstić information content (AvgIpc) is 3.22. The van der Waals surface area contributed by atoms with Crippen LogP contribution in [0.25, 0.3) is 0 Å². The third-order valence-electron chi connectivity index (χ3n) is 4.62. The first kappa shape index (κ1) is 17.6. The van der Waals surface area contributed by atoms with Gasteiger partial charge in [-0.1, -0.05) is 26.7 Å². The van der Waals surface area contributed by atoms with Crippen LogP contribution in [0.4, 0.5) is 0 Å². The summed E-state index contributed by atoms with van der Waals surface area (Å²) in [6.07, 6.45) is 5.61. The minimum absolute atomic E-state index is 0.0945. The van der Waals surface area contributed by atoms with Crippen molar-refractivity contribution < 1.29 is 19.0 Å². The second kappa shape index (κ2) is 7.33. The lowest BCUT2D eigenvalue weighted by Crippen LogP contribution is -2.46. The lowest BCUT2D eigenvalue weighted by atomic mass is 9.98. The van der Waals surface area contributed by atoms with Crippen molar-refractivity contribution >= 4 is 11.8 Å². The second-order valence-corrected chi connectivity index (χ2v) is 6.56. The molecule has 0 unspecified atom stereocenters. The van der Waals surface area contributed by atoms with Crippen LogP contribution in [0.2, 0.25) is 0 Å². The van der Waals surface area contributed by atoms with Gasteiger partial charge in [0.15, 0.2) is 11.5 Å². The van der Waals surface area contributed by atoms with Crippen molar-refractivity contribution in [2.45, 2.75) is 65.0 Å². The van der Waals surface area contributed by atoms with E-state index in [1.165, 1.54) is 5.01 Å². The number of carbonyl (C=O) groups is 1. The Bertz CT molecular complexity index is 663. The summed E-state index contributed by atoms with van der Waals surface area (Å²) in [5.74, 6) is 1.77. The van der Waals surface area contributed by atoms with Crippen molar-refractivity contribution in [3.8, 4) is 11.5 Å². The van der Waals surface area contributed by atoms with Gasteiger partial charge in [0.05, 0.1) is 0 Å². The number of carbonyl (C=O) groups excluding carboxylic acids is 1. The molecule has 0 aliphatic carbocycles. The minimum Gasteiger partial charge on any atom is -0.454 e. The third kappa shape index (κ3) is 3.43. The number of nitrogens with zero attached hydrogens (tertiary/aromatic N) is 2. The zero-order chi connectivity index (χ0) is 17.9. The molecule has 3 rings (SSSR count). The number of hydrogen-bond donors (Lipinski definition) is 0. The van der Waals surface area contributed by atoms with Crippen LogP contribution < -0.4 is 9.47 Å². The summed E-state index contributed by atoms with van der Waals surface area (Å²) in [4.78, 5) is 12.2. The monoisotopic (exact) mass is 346 g/mol. The van der Waals surface area contributed by atoms with Crippen LogP contribution in [0.5, 0.6) is 11.5 Å². The van der Waals surface area contributed by atoms with E-state index in [-0.39, 0.29) is 12.7 Å². The lowest BCUT2D eigenvalue weighted by Gasteiger charge is -2.34.